The van der Waals surface area contributed by atoms with E-state index < -0.39 is 5.60 Å². The highest BCUT2D eigenvalue weighted by molar-refractivity contribution is 5.68. The Morgan fingerprint density at radius 1 is 1.45 bits per heavy atom. The van der Waals surface area contributed by atoms with Gasteiger partial charge in [0.05, 0.1) is 0 Å². The van der Waals surface area contributed by atoms with E-state index in [1.54, 1.807) is 11.1 Å². The zero-order chi connectivity index (χ0) is 14.8. The number of rotatable bonds is 2. The van der Waals surface area contributed by atoms with Gasteiger partial charge in [-0.3, -0.25) is 4.98 Å². The molecule has 0 unspecified atom stereocenters. The van der Waals surface area contributed by atoms with E-state index in [1.807, 2.05) is 39.0 Å². The Bertz CT molecular complexity index is 456. The zero-order valence-electron chi connectivity index (χ0n) is 12.2. The van der Waals surface area contributed by atoms with Gasteiger partial charge in [-0.15, -0.1) is 0 Å². The third-order valence-electron chi connectivity index (χ3n) is 3.39. The maximum atomic E-state index is 12.1. The molecule has 2 atom stereocenters. The van der Waals surface area contributed by atoms with Crippen LogP contribution in [-0.2, 0) is 4.74 Å². The average Bonchev–Trinajstić information content (AvgIpc) is 2.82. The SMILES string of the molecule is CC(C)(C)OC(=O)N1C[C@@H](CO)[C@@H](c2ccccn2)C1. The van der Waals surface area contributed by atoms with Crippen molar-refractivity contribution in [2.75, 3.05) is 19.7 Å². The summed E-state index contributed by atoms with van der Waals surface area (Å²) >= 11 is 0. The molecule has 1 aliphatic heterocycles. The van der Waals surface area contributed by atoms with Gasteiger partial charge in [0, 0.05) is 43.4 Å². The summed E-state index contributed by atoms with van der Waals surface area (Å²) in [6, 6.07) is 5.72. The van der Waals surface area contributed by atoms with E-state index in [1.165, 1.54) is 0 Å². The molecule has 2 rings (SSSR count). The molecule has 1 fully saturated rings. The van der Waals surface area contributed by atoms with Crippen molar-refractivity contribution in [2.45, 2.75) is 32.3 Å². The lowest BCUT2D eigenvalue weighted by molar-refractivity contribution is 0.0283. The van der Waals surface area contributed by atoms with E-state index in [9.17, 15) is 9.90 Å². The van der Waals surface area contributed by atoms with Crippen molar-refractivity contribution in [1.29, 1.82) is 0 Å². The van der Waals surface area contributed by atoms with E-state index in [4.69, 9.17) is 4.74 Å². The maximum Gasteiger partial charge on any atom is 0.410 e. The van der Waals surface area contributed by atoms with Gasteiger partial charge in [0.1, 0.15) is 5.60 Å². The minimum Gasteiger partial charge on any atom is -0.444 e. The topological polar surface area (TPSA) is 62.7 Å². The highest BCUT2D eigenvalue weighted by Crippen LogP contribution is 2.32. The van der Waals surface area contributed by atoms with Gasteiger partial charge < -0.3 is 14.7 Å². The molecule has 0 aromatic carbocycles. The quantitative estimate of drug-likeness (QED) is 0.899. The Balaban J connectivity index is 2.08. The number of aliphatic hydroxyl groups is 1. The van der Waals surface area contributed by atoms with Crippen molar-refractivity contribution in [1.82, 2.24) is 9.88 Å². The molecule has 1 aromatic heterocycles. The molecule has 1 saturated heterocycles. The van der Waals surface area contributed by atoms with Crippen LogP contribution in [0.5, 0.6) is 0 Å². The number of likely N-dealkylation sites (tertiary alicyclic amines) is 1. The maximum absolute atomic E-state index is 12.1. The van der Waals surface area contributed by atoms with Crippen molar-refractivity contribution in [3.05, 3.63) is 30.1 Å². The molecule has 20 heavy (non-hydrogen) atoms. The number of hydrogen-bond acceptors (Lipinski definition) is 4. The molecule has 2 heterocycles. The molecule has 110 valence electrons. The van der Waals surface area contributed by atoms with Crippen LogP contribution in [0.2, 0.25) is 0 Å². The Hall–Kier alpha value is -1.62. The number of carbonyl (C=O) groups excluding carboxylic acids is 1. The van der Waals surface area contributed by atoms with Crippen LogP contribution < -0.4 is 0 Å². The number of hydrogen-bond donors (Lipinski definition) is 1. The molecule has 0 aliphatic carbocycles. The van der Waals surface area contributed by atoms with E-state index in [0.29, 0.717) is 13.1 Å². The molecule has 5 heteroatoms. The predicted octanol–water partition coefficient (Wildman–Crippen LogP) is 2.02. The van der Waals surface area contributed by atoms with Gasteiger partial charge >= 0.3 is 6.09 Å². The lowest BCUT2D eigenvalue weighted by Gasteiger charge is -2.24. The summed E-state index contributed by atoms with van der Waals surface area (Å²) < 4.78 is 5.38. The highest BCUT2D eigenvalue weighted by Gasteiger charge is 2.38. The standard InChI is InChI=1S/C15H22N2O3/c1-15(2,3)20-14(19)17-8-11(10-18)12(9-17)13-6-4-5-7-16-13/h4-7,11-12,18H,8-10H2,1-3H3/t11-,12-/m0/s1. The fourth-order valence-corrected chi connectivity index (χ4v) is 2.46. The summed E-state index contributed by atoms with van der Waals surface area (Å²) in [5, 5.41) is 9.52. The summed E-state index contributed by atoms with van der Waals surface area (Å²) in [4.78, 5) is 18.1. The number of nitrogens with zero attached hydrogens (tertiary/aromatic N) is 2. The minimum atomic E-state index is -0.505. The van der Waals surface area contributed by atoms with Crippen molar-refractivity contribution in [2.24, 2.45) is 5.92 Å². The van der Waals surface area contributed by atoms with E-state index in [-0.39, 0.29) is 24.5 Å². The summed E-state index contributed by atoms with van der Waals surface area (Å²) in [7, 11) is 0. The van der Waals surface area contributed by atoms with Crippen molar-refractivity contribution in [3.63, 3.8) is 0 Å². The number of carbonyl (C=O) groups is 1. The Morgan fingerprint density at radius 3 is 2.75 bits per heavy atom. The molecule has 1 aliphatic rings. The van der Waals surface area contributed by atoms with Crippen LogP contribution in [0.25, 0.3) is 0 Å². The molecule has 0 bridgehead atoms. The third-order valence-corrected chi connectivity index (χ3v) is 3.39. The van der Waals surface area contributed by atoms with Gasteiger partial charge in [-0.1, -0.05) is 6.07 Å². The number of aliphatic hydroxyl groups excluding tert-OH is 1. The Kier molecular flexibility index (Phi) is 4.28. The molecular weight excluding hydrogens is 256 g/mol. The molecule has 5 nitrogen and oxygen atoms in total. The van der Waals surface area contributed by atoms with Gasteiger partial charge in [-0.2, -0.15) is 0 Å². The fraction of sp³-hybridized carbons (Fsp3) is 0.600. The van der Waals surface area contributed by atoms with Gasteiger partial charge in [0.2, 0.25) is 0 Å². The first kappa shape index (κ1) is 14.8. The second-order valence-electron chi connectivity index (χ2n) is 6.19. The van der Waals surface area contributed by atoms with Crippen molar-refractivity contribution >= 4 is 6.09 Å². The molecule has 1 aromatic rings. The van der Waals surface area contributed by atoms with Crippen LogP contribution in [0.1, 0.15) is 32.4 Å². The normalized spacial score (nSPS) is 22.9. The number of aromatic nitrogens is 1. The largest absolute Gasteiger partial charge is 0.444 e. The summed E-state index contributed by atoms with van der Waals surface area (Å²) in [5.74, 6) is 0.0751. The van der Waals surface area contributed by atoms with E-state index >= 15 is 0 Å². The average molecular weight is 278 g/mol. The van der Waals surface area contributed by atoms with E-state index in [2.05, 4.69) is 4.98 Å². The Morgan fingerprint density at radius 2 is 2.20 bits per heavy atom. The zero-order valence-corrected chi connectivity index (χ0v) is 12.2. The summed E-state index contributed by atoms with van der Waals surface area (Å²) in [6.07, 6.45) is 1.41. The van der Waals surface area contributed by atoms with Crippen LogP contribution >= 0.6 is 0 Å². The van der Waals surface area contributed by atoms with Crippen LogP contribution in [0.4, 0.5) is 4.79 Å². The third kappa shape index (κ3) is 3.48. The minimum absolute atomic E-state index is 0.0115. The Labute approximate surface area is 119 Å². The lowest BCUT2D eigenvalue weighted by atomic mass is 9.93. The molecule has 0 saturated carbocycles. The van der Waals surface area contributed by atoms with E-state index in [0.717, 1.165) is 5.69 Å². The molecule has 1 N–H and O–H groups in total. The highest BCUT2D eigenvalue weighted by atomic mass is 16.6. The molecular formula is C15H22N2O3. The first-order chi connectivity index (χ1) is 9.40. The van der Waals surface area contributed by atoms with Crippen LogP contribution in [0.3, 0.4) is 0 Å². The summed E-state index contributed by atoms with van der Waals surface area (Å²) in [5.41, 5.74) is 0.409. The fourth-order valence-electron chi connectivity index (χ4n) is 2.46. The lowest BCUT2D eigenvalue weighted by Crippen LogP contribution is -2.35. The van der Waals surface area contributed by atoms with Gasteiger partial charge in [0.15, 0.2) is 0 Å². The molecule has 1 amide bonds. The van der Waals surface area contributed by atoms with Gasteiger partial charge in [0.25, 0.3) is 0 Å². The summed E-state index contributed by atoms with van der Waals surface area (Å²) in [6.45, 7) is 6.63. The van der Waals surface area contributed by atoms with Crippen LogP contribution in [-0.4, -0.2) is 46.4 Å². The first-order valence-corrected chi connectivity index (χ1v) is 6.90. The second-order valence-corrected chi connectivity index (χ2v) is 6.19. The smallest absolute Gasteiger partial charge is 0.410 e. The number of ether oxygens (including phenoxy) is 1. The predicted molar refractivity (Wildman–Crippen MR) is 75.4 cm³/mol. The number of amides is 1. The van der Waals surface area contributed by atoms with Crippen molar-refractivity contribution < 1.29 is 14.6 Å². The van der Waals surface area contributed by atoms with Gasteiger partial charge in [-0.05, 0) is 32.9 Å². The molecule has 0 spiro atoms. The second kappa shape index (κ2) is 5.79. The number of pyridine rings is 1. The molecule has 0 radical (unpaired) electrons. The monoisotopic (exact) mass is 278 g/mol. The first-order valence-electron chi connectivity index (χ1n) is 6.90. The van der Waals surface area contributed by atoms with Gasteiger partial charge in [-0.25, -0.2) is 4.79 Å². The van der Waals surface area contributed by atoms with Crippen LogP contribution in [0.15, 0.2) is 24.4 Å². The van der Waals surface area contributed by atoms with Crippen molar-refractivity contribution in [3.8, 4) is 0 Å². The van der Waals surface area contributed by atoms with Crippen LogP contribution in [0, 0.1) is 5.92 Å².